The van der Waals surface area contributed by atoms with Gasteiger partial charge < -0.3 is 25.2 Å². The van der Waals surface area contributed by atoms with Crippen molar-refractivity contribution >= 4 is 29.3 Å². The van der Waals surface area contributed by atoms with Crippen LogP contribution in [0, 0.1) is 0 Å². The third-order valence-electron chi connectivity index (χ3n) is 4.90. The zero-order valence-electron chi connectivity index (χ0n) is 19.4. The summed E-state index contributed by atoms with van der Waals surface area (Å²) in [6.45, 7) is 9.10. The predicted octanol–water partition coefficient (Wildman–Crippen LogP) is 3.38. The molecule has 0 spiro atoms. The Hall–Kier alpha value is -2.77. The highest BCUT2D eigenvalue weighted by Crippen LogP contribution is 2.23. The molecule has 31 heavy (non-hydrogen) atoms. The van der Waals surface area contributed by atoms with Crippen LogP contribution in [-0.2, 0) is 14.3 Å². The smallest absolute Gasteiger partial charge is 0.410 e. The van der Waals surface area contributed by atoms with Crippen LogP contribution in [0.1, 0.15) is 53.4 Å². The number of likely N-dealkylation sites (N-methyl/N-ethyl adjacent to an activating group) is 1. The fraction of sp³-hybridized carbons (Fsp3) is 0.609. The van der Waals surface area contributed by atoms with Crippen LogP contribution in [0.5, 0.6) is 0 Å². The number of amides is 3. The molecule has 0 aromatic heterocycles. The molecule has 2 N–H and O–H groups in total. The van der Waals surface area contributed by atoms with Gasteiger partial charge in [0.2, 0.25) is 11.8 Å². The minimum absolute atomic E-state index is 0.188. The summed E-state index contributed by atoms with van der Waals surface area (Å²) in [5, 5.41) is 5.66. The van der Waals surface area contributed by atoms with Gasteiger partial charge in [0.05, 0.1) is 0 Å². The molecule has 2 rings (SSSR count). The molecule has 1 saturated heterocycles. The molecule has 1 aliphatic rings. The number of carbonyl (C=O) groups excluding carboxylic acids is 3. The lowest BCUT2D eigenvalue weighted by Gasteiger charge is -2.25. The highest BCUT2D eigenvalue weighted by Gasteiger charge is 2.24. The molecular formula is C23H36N4O4. The van der Waals surface area contributed by atoms with Crippen molar-refractivity contribution in [1.29, 1.82) is 0 Å². The van der Waals surface area contributed by atoms with Crippen LogP contribution in [0.25, 0.3) is 0 Å². The number of anilines is 2. The summed E-state index contributed by atoms with van der Waals surface area (Å²) in [5.41, 5.74) is 1.15. The average Bonchev–Trinajstić information content (AvgIpc) is 3.21. The van der Waals surface area contributed by atoms with Gasteiger partial charge in [0, 0.05) is 31.5 Å². The maximum absolute atomic E-state index is 12.8. The molecule has 0 radical (unpaired) electrons. The minimum atomic E-state index is -0.681. The van der Waals surface area contributed by atoms with Crippen molar-refractivity contribution in [3.8, 4) is 0 Å². The first kappa shape index (κ1) is 24.5. The van der Waals surface area contributed by atoms with Crippen LogP contribution in [-0.4, -0.2) is 61.1 Å². The molecule has 1 aliphatic heterocycles. The molecule has 0 aliphatic carbocycles. The Morgan fingerprint density at radius 1 is 1.19 bits per heavy atom. The van der Waals surface area contributed by atoms with Crippen LogP contribution in [0.4, 0.5) is 16.2 Å². The van der Waals surface area contributed by atoms with Gasteiger partial charge in [-0.3, -0.25) is 9.59 Å². The Balaban J connectivity index is 1.95. The van der Waals surface area contributed by atoms with E-state index < -0.39 is 23.6 Å². The lowest BCUT2D eigenvalue weighted by atomic mass is 10.1. The Kier molecular flexibility index (Phi) is 8.71. The van der Waals surface area contributed by atoms with E-state index >= 15 is 0 Å². The van der Waals surface area contributed by atoms with E-state index in [9.17, 15) is 14.4 Å². The molecule has 1 aromatic carbocycles. The van der Waals surface area contributed by atoms with E-state index in [4.69, 9.17) is 4.74 Å². The van der Waals surface area contributed by atoms with Gasteiger partial charge in [-0.25, -0.2) is 4.79 Å². The number of nitrogens with zero attached hydrogens (tertiary/aromatic N) is 2. The molecule has 1 fully saturated rings. The third-order valence-corrected chi connectivity index (χ3v) is 4.90. The van der Waals surface area contributed by atoms with E-state index in [1.165, 1.54) is 24.8 Å². The normalized spacial score (nSPS) is 14.7. The number of ether oxygens (including phenoxy) is 1. The molecule has 3 amide bonds. The van der Waals surface area contributed by atoms with Gasteiger partial charge in [-0.15, -0.1) is 0 Å². The van der Waals surface area contributed by atoms with Gasteiger partial charge >= 0.3 is 6.09 Å². The Bertz CT molecular complexity index is 769. The standard InChI is InChI=1S/C23H36N4O4/c1-6-10-19(25-20(28)16-26(5)22(30)31-23(2,3)4)21(29)24-17-11-9-12-18(15-17)27-13-7-8-14-27/h9,11-12,15,19H,6-8,10,13-14,16H2,1-5H3,(H,24,29)(H,25,28). The second-order valence-corrected chi connectivity index (χ2v) is 8.98. The van der Waals surface area contributed by atoms with Crippen molar-refractivity contribution < 1.29 is 19.1 Å². The topological polar surface area (TPSA) is 91.0 Å². The first-order valence-corrected chi connectivity index (χ1v) is 11.0. The average molecular weight is 433 g/mol. The maximum Gasteiger partial charge on any atom is 0.410 e. The van der Waals surface area contributed by atoms with Gasteiger partial charge in [0.25, 0.3) is 0 Å². The van der Waals surface area contributed by atoms with Crippen LogP contribution in [0.3, 0.4) is 0 Å². The summed E-state index contributed by atoms with van der Waals surface area (Å²) in [5.74, 6) is -0.679. The summed E-state index contributed by atoms with van der Waals surface area (Å²) in [6, 6.07) is 7.09. The van der Waals surface area contributed by atoms with Crippen molar-refractivity contribution in [2.75, 3.05) is 36.9 Å². The van der Waals surface area contributed by atoms with E-state index in [1.54, 1.807) is 20.8 Å². The Morgan fingerprint density at radius 3 is 2.48 bits per heavy atom. The van der Waals surface area contributed by atoms with Crippen LogP contribution in [0.2, 0.25) is 0 Å². The van der Waals surface area contributed by atoms with E-state index in [0.29, 0.717) is 12.1 Å². The predicted molar refractivity (Wildman–Crippen MR) is 122 cm³/mol. The molecule has 1 atom stereocenters. The van der Waals surface area contributed by atoms with E-state index in [0.717, 1.165) is 25.2 Å². The summed E-state index contributed by atoms with van der Waals surface area (Å²) in [7, 11) is 1.49. The molecular weight excluding hydrogens is 396 g/mol. The fourth-order valence-corrected chi connectivity index (χ4v) is 3.40. The van der Waals surface area contributed by atoms with Crippen molar-refractivity contribution in [1.82, 2.24) is 10.2 Å². The summed E-state index contributed by atoms with van der Waals surface area (Å²) in [4.78, 5) is 40.8. The number of hydrogen-bond acceptors (Lipinski definition) is 5. The first-order valence-electron chi connectivity index (χ1n) is 11.0. The lowest BCUT2D eigenvalue weighted by Crippen LogP contribution is -2.48. The number of carbonyl (C=O) groups is 3. The molecule has 1 unspecified atom stereocenters. The summed E-state index contributed by atoms with van der Waals surface area (Å²) >= 11 is 0. The van der Waals surface area contributed by atoms with Crippen LogP contribution >= 0.6 is 0 Å². The van der Waals surface area contributed by atoms with Gasteiger partial charge in [0.1, 0.15) is 18.2 Å². The molecule has 172 valence electrons. The van der Waals surface area contributed by atoms with Gasteiger partial charge in [-0.2, -0.15) is 0 Å². The van der Waals surface area contributed by atoms with Crippen molar-refractivity contribution in [2.45, 2.75) is 65.0 Å². The van der Waals surface area contributed by atoms with Crippen molar-refractivity contribution in [3.63, 3.8) is 0 Å². The number of hydrogen-bond donors (Lipinski definition) is 2. The zero-order chi connectivity index (χ0) is 23.0. The van der Waals surface area contributed by atoms with Gasteiger partial charge in [-0.1, -0.05) is 19.4 Å². The second kappa shape index (κ2) is 11.0. The molecule has 1 heterocycles. The van der Waals surface area contributed by atoms with Gasteiger partial charge in [-0.05, 0) is 58.2 Å². The molecule has 0 saturated carbocycles. The summed E-state index contributed by atoms with van der Waals surface area (Å²) in [6.07, 6.45) is 3.00. The third kappa shape index (κ3) is 8.11. The van der Waals surface area contributed by atoms with E-state index in [1.807, 2.05) is 31.2 Å². The monoisotopic (exact) mass is 432 g/mol. The fourth-order valence-electron chi connectivity index (χ4n) is 3.40. The molecule has 8 nitrogen and oxygen atoms in total. The molecule has 1 aromatic rings. The van der Waals surface area contributed by atoms with E-state index in [-0.39, 0.29) is 12.5 Å². The van der Waals surface area contributed by atoms with Crippen LogP contribution in [0.15, 0.2) is 24.3 Å². The second-order valence-electron chi connectivity index (χ2n) is 8.98. The quantitative estimate of drug-likeness (QED) is 0.657. The van der Waals surface area contributed by atoms with Crippen molar-refractivity contribution in [2.24, 2.45) is 0 Å². The van der Waals surface area contributed by atoms with Gasteiger partial charge in [0.15, 0.2) is 0 Å². The number of benzene rings is 1. The lowest BCUT2D eigenvalue weighted by molar-refractivity contribution is -0.127. The molecule has 8 heteroatoms. The SMILES string of the molecule is CCCC(NC(=O)CN(C)C(=O)OC(C)(C)C)C(=O)Nc1cccc(N2CCCC2)c1. The highest BCUT2D eigenvalue weighted by molar-refractivity contribution is 5.98. The van der Waals surface area contributed by atoms with Crippen molar-refractivity contribution in [3.05, 3.63) is 24.3 Å². The first-order chi connectivity index (χ1) is 14.6. The number of rotatable bonds is 8. The molecule has 0 bridgehead atoms. The Morgan fingerprint density at radius 2 is 1.87 bits per heavy atom. The van der Waals surface area contributed by atoms with E-state index in [2.05, 4.69) is 15.5 Å². The number of nitrogens with one attached hydrogen (secondary N) is 2. The Labute approximate surface area is 185 Å². The minimum Gasteiger partial charge on any atom is -0.444 e. The largest absolute Gasteiger partial charge is 0.444 e. The summed E-state index contributed by atoms with van der Waals surface area (Å²) < 4.78 is 5.26. The van der Waals surface area contributed by atoms with Crippen LogP contribution < -0.4 is 15.5 Å². The maximum atomic E-state index is 12.8. The zero-order valence-corrected chi connectivity index (χ0v) is 19.4. The highest BCUT2D eigenvalue weighted by atomic mass is 16.6.